The van der Waals surface area contributed by atoms with Crippen LogP contribution in [-0.2, 0) is 25.5 Å². The van der Waals surface area contributed by atoms with E-state index in [-0.39, 0.29) is 23.3 Å². The molecule has 1 atom stereocenters. The second kappa shape index (κ2) is 10.1. The van der Waals surface area contributed by atoms with E-state index in [0.717, 1.165) is 6.92 Å². The summed E-state index contributed by atoms with van der Waals surface area (Å²) in [4.78, 5) is 35.1. The molecule has 8 nitrogen and oxygen atoms in total. The monoisotopic (exact) mass is 467 g/mol. The van der Waals surface area contributed by atoms with Crippen molar-refractivity contribution in [3.8, 4) is 5.75 Å². The van der Waals surface area contributed by atoms with Crippen LogP contribution in [0.1, 0.15) is 42.1 Å². The van der Waals surface area contributed by atoms with Crippen LogP contribution in [0.4, 0.5) is 22.0 Å². The maximum atomic E-state index is 13.5. The molecule has 1 aliphatic rings. The highest BCUT2D eigenvalue weighted by Gasteiger charge is 2.43. The van der Waals surface area contributed by atoms with E-state index in [1.54, 1.807) is 0 Å². The summed E-state index contributed by atoms with van der Waals surface area (Å²) in [6.07, 6.45) is -7.76. The Morgan fingerprint density at radius 1 is 1.22 bits per heavy atom. The number of benzene rings is 1. The molecule has 0 spiro atoms. The molecule has 1 amide bonds. The lowest BCUT2D eigenvalue weighted by Gasteiger charge is -2.30. The van der Waals surface area contributed by atoms with E-state index < -0.39 is 69.1 Å². The van der Waals surface area contributed by atoms with Crippen LogP contribution in [0.25, 0.3) is 0 Å². The summed E-state index contributed by atoms with van der Waals surface area (Å²) in [5, 5.41) is 12.1. The van der Waals surface area contributed by atoms with Gasteiger partial charge < -0.3 is 24.5 Å². The Hall–Kier alpha value is -2.90. The van der Waals surface area contributed by atoms with Gasteiger partial charge in [-0.25, -0.2) is 4.79 Å². The smallest absolute Gasteiger partial charge is 0.534 e. The maximum absolute atomic E-state index is 13.5. The van der Waals surface area contributed by atoms with Crippen molar-refractivity contribution in [1.29, 1.82) is 0 Å². The standard InChI is InChI=1S/C18H19BF5NO7/c1-2-17(20,21)16(28)25-12-8-10-4-3-5-11(14(10)32-19(12)29)15(27)31-9-30-13(26)6-7-18(22,23)24/h3-5,12,29H,2,6-9H2,1H3,(H,25,28)/t12-/m0/s1. The molecule has 2 rings (SSSR count). The molecule has 176 valence electrons. The summed E-state index contributed by atoms with van der Waals surface area (Å²) in [5.41, 5.74) is 0.0774. The number of rotatable bonds is 8. The molecule has 0 aliphatic carbocycles. The Labute approximate surface area is 179 Å². The van der Waals surface area contributed by atoms with Crippen LogP contribution in [0.3, 0.4) is 0 Å². The zero-order valence-corrected chi connectivity index (χ0v) is 16.7. The molecule has 32 heavy (non-hydrogen) atoms. The average molecular weight is 467 g/mol. The van der Waals surface area contributed by atoms with E-state index in [2.05, 4.69) is 9.47 Å². The topological polar surface area (TPSA) is 111 Å². The number of nitrogens with one attached hydrogen (secondary N) is 1. The molecular formula is C18H19BF5NO7. The number of alkyl halides is 5. The third-order valence-electron chi connectivity index (χ3n) is 4.45. The Morgan fingerprint density at radius 3 is 2.53 bits per heavy atom. The second-order valence-electron chi connectivity index (χ2n) is 6.83. The summed E-state index contributed by atoms with van der Waals surface area (Å²) in [7, 11) is -1.76. The van der Waals surface area contributed by atoms with Crippen molar-refractivity contribution in [2.45, 2.75) is 50.6 Å². The van der Waals surface area contributed by atoms with Gasteiger partial charge in [0.1, 0.15) is 11.3 Å². The number of amides is 1. The maximum Gasteiger partial charge on any atom is 0.547 e. The van der Waals surface area contributed by atoms with E-state index >= 15 is 0 Å². The van der Waals surface area contributed by atoms with Gasteiger partial charge in [-0.05, 0) is 18.1 Å². The minimum Gasteiger partial charge on any atom is -0.534 e. The van der Waals surface area contributed by atoms with Crippen LogP contribution in [0.5, 0.6) is 5.75 Å². The fraction of sp³-hybridized carbons (Fsp3) is 0.500. The molecule has 2 N–H and O–H groups in total. The number of carbonyl (C=O) groups excluding carboxylic acids is 3. The third kappa shape index (κ3) is 6.80. The summed E-state index contributed by atoms with van der Waals surface area (Å²) in [5.74, 6) is -8.87. The number of hydrogen-bond acceptors (Lipinski definition) is 7. The number of ether oxygens (including phenoxy) is 2. The predicted octanol–water partition coefficient (Wildman–Crippen LogP) is 2.17. The van der Waals surface area contributed by atoms with Gasteiger partial charge in [-0.15, -0.1) is 0 Å². The molecule has 0 bridgehead atoms. The van der Waals surface area contributed by atoms with Gasteiger partial charge in [0, 0.05) is 6.42 Å². The highest BCUT2D eigenvalue weighted by atomic mass is 19.4. The van der Waals surface area contributed by atoms with Crippen LogP contribution in [-0.4, -0.2) is 54.8 Å². The quantitative estimate of drug-likeness (QED) is 0.261. The Bertz CT molecular complexity index is 865. The van der Waals surface area contributed by atoms with Gasteiger partial charge >= 0.3 is 31.2 Å². The van der Waals surface area contributed by atoms with E-state index in [1.807, 2.05) is 5.32 Å². The molecule has 0 saturated heterocycles. The van der Waals surface area contributed by atoms with Crippen LogP contribution in [0.2, 0.25) is 0 Å². The molecule has 1 aliphatic heterocycles. The highest BCUT2D eigenvalue weighted by Crippen LogP contribution is 2.31. The van der Waals surface area contributed by atoms with Gasteiger partial charge in [-0.3, -0.25) is 9.59 Å². The minimum atomic E-state index is -4.54. The normalized spacial score (nSPS) is 16.0. The SMILES string of the molecule is CCC(F)(F)C(=O)N[C@H]1Cc2cccc(C(=O)OCOC(=O)CCC(F)(F)F)c2OB1O. The molecule has 0 radical (unpaired) electrons. The fourth-order valence-corrected chi connectivity index (χ4v) is 2.69. The van der Waals surface area contributed by atoms with Crippen molar-refractivity contribution in [2.75, 3.05) is 6.79 Å². The Balaban J connectivity index is 1.99. The largest absolute Gasteiger partial charge is 0.547 e. The summed E-state index contributed by atoms with van der Waals surface area (Å²) in [6.45, 7) is 0.167. The van der Waals surface area contributed by atoms with Crippen LogP contribution in [0, 0.1) is 0 Å². The molecular weight excluding hydrogens is 448 g/mol. The second-order valence-corrected chi connectivity index (χ2v) is 6.83. The van der Waals surface area contributed by atoms with Gasteiger partial charge in [0.05, 0.1) is 18.8 Å². The Morgan fingerprint density at radius 2 is 1.91 bits per heavy atom. The van der Waals surface area contributed by atoms with Gasteiger partial charge in [-0.2, -0.15) is 22.0 Å². The number of carbonyl (C=O) groups is 3. The van der Waals surface area contributed by atoms with Gasteiger partial charge in [0.25, 0.3) is 5.91 Å². The van der Waals surface area contributed by atoms with E-state index in [0.29, 0.717) is 0 Å². The minimum absolute atomic E-state index is 0.138. The summed E-state index contributed by atoms with van der Waals surface area (Å²) in [6, 6.07) is 4.10. The summed E-state index contributed by atoms with van der Waals surface area (Å²) < 4.78 is 77.5. The van der Waals surface area contributed by atoms with Crippen molar-refractivity contribution >= 4 is 25.0 Å². The molecule has 1 heterocycles. The molecule has 0 aromatic heterocycles. The van der Waals surface area contributed by atoms with Crippen LogP contribution >= 0.6 is 0 Å². The molecule has 0 unspecified atom stereocenters. The highest BCUT2D eigenvalue weighted by molar-refractivity contribution is 6.47. The number of hydrogen-bond donors (Lipinski definition) is 2. The average Bonchev–Trinajstić information content (AvgIpc) is 2.71. The van der Waals surface area contributed by atoms with Gasteiger partial charge in [0.15, 0.2) is 0 Å². The van der Waals surface area contributed by atoms with Crippen molar-refractivity contribution in [3.05, 3.63) is 29.3 Å². The molecule has 0 saturated carbocycles. The third-order valence-corrected chi connectivity index (χ3v) is 4.45. The fourth-order valence-electron chi connectivity index (χ4n) is 2.69. The van der Waals surface area contributed by atoms with Crippen molar-refractivity contribution in [3.63, 3.8) is 0 Å². The first-order valence-electron chi connectivity index (χ1n) is 9.39. The number of esters is 2. The molecule has 1 aromatic rings. The zero-order chi connectivity index (χ0) is 24.1. The lowest BCUT2D eigenvalue weighted by atomic mass is 9.72. The zero-order valence-electron chi connectivity index (χ0n) is 16.7. The molecule has 14 heteroatoms. The number of para-hydroxylation sites is 1. The summed E-state index contributed by atoms with van der Waals surface area (Å²) >= 11 is 0. The van der Waals surface area contributed by atoms with E-state index in [4.69, 9.17) is 4.65 Å². The van der Waals surface area contributed by atoms with Crippen molar-refractivity contribution in [1.82, 2.24) is 5.32 Å². The van der Waals surface area contributed by atoms with Crippen molar-refractivity contribution in [2.24, 2.45) is 0 Å². The molecule has 0 fully saturated rings. The van der Waals surface area contributed by atoms with E-state index in [9.17, 15) is 41.4 Å². The van der Waals surface area contributed by atoms with E-state index in [1.165, 1.54) is 18.2 Å². The van der Waals surface area contributed by atoms with Crippen molar-refractivity contribution < 1.29 is 55.5 Å². The van der Waals surface area contributed by atoms with Gasteiger partial charge in [0.2, 0.25) is 6.79 Å². The van der Waals surface area contributed by atoms with Crippen LogP contribution in [0.15, 0.2) is 18.2 Å². The predicted molar refractivity (Wildman–Crippen MR) is 97.6 cm³/mol. The first-order valence-corrected chi connectivity index (χ1v) is 9.39. The van der Waals surface area contributed by atoms with Crippen LogP contribution < -0.4 is 9.97 Å². The van der Waals surface area contributed by atoms with Gasteiger partial charge in [-0.1, -0.05) is 19.1 Å². The Kier molecular flexibility index (Phi) is 8.05. The first kappa shape index (κ1) is 25.4. The number of fused-ring (bicyclic) bond motifs is 1. The first-order chi connectivity index (χ1) is 14.8. The lowest BCUT2D eigenvalue weighted by molar-refractivity contribution is -0.163. The number of halogens is 5. The molecule has 1 aromatic carbocycles. The lowest BCUT2D eigenvalue weighted by Crippen LogP contribution is -2.56.